The van der Waals surface area contributed by atoms with Gasteiger partial charge >= 0.3 is 5.97 Å². The summed E-state index contributed by atoms with van der Waals surface area (Å²) in [6.07, 6.45) is 0.113. The van der Waals surface area contributed by atoms with Gasteiger partial charge in [-0.25, -0.2) is 9.97 Å². The Balaban J connectivity index is 2.32. The Bertz CT molecular complexity index is 586. The molecule has 6 nitrogen and oxygen atoms in total. The zero-order valence-electron chi connectivity index (χ0n) is 10.2. The van der Waals surface area contributed by atoms with E-state index in [2.05, 4.69) is 9.97 Å². The topological polar surface area (TPSA) is 115 Å². The van der Waals surface area contributed by atoms with Crippen LogP contribution in [0.1, 0.15) is 5.69 Å². The van der Waals surface area contributed by atoms with E-state index < -0.39 is 12.0 Å². The Kier molecular flexibility index (Phi) is 3.72. The number of aliphatic carboxylic acids is 1. The Hall–Kier alpha value is -2.47. The first kappa shape index (κ1) is 13.0. The third kappa shape index (κ3) is 3.26. The second-order valence-electron chi connectivity index (χ2n) is 4.12. The van der Waals surface area contributed by atoms with Crippen LogP contribution < -0.4 is 11.5 Å². The number of nitrogens with zero attached hydrogens (tertiary/aromatic N) is 2. The van der Waals surface area contributed by atoms with Crippen LogP contribution >= 0.6 is 0 Å². The quantitative estimate of drug-likeness (QED) is 0.742. The molecule has 19 heavy (non-hydrogen) atoms. The molecule has 0 aliphatic carbocycles. The molecule has 1 aromatic heterocycles. The van der Waals surface area contributed by atoms with Gasteiger partial charge in [-0.15, -0.1) is 0 Å². The zero-order valence-corrected chi connectivity index (χ0v) is 10.2. The van der Waals surface area contributed by atoms with Gasteiger partial charge in [0.2, 0.25) is 5.95 Å². The molecule has 0 unspecified atom stereocenters. The smallest absolute Gasteiger partial charge is 0.320 e. The number of benzene rings is 1. The highest BCUT2D eigenvalue weighted by atomic mass is 16.4. The van der Waals surface area contributed by atoms with Crippen molar-refractivity contribution in [2.45, 2.75) is 12.5 Å². The summed E-state index contributed by atoms with van der Waals surface area (Å²) in [7, 11) is 0. The molecule has 1 heterocycles. The number of nitrogens with two attached hydrogens (primary N) is 2. The van der Waals surface area contributed by atoms with Gasteiger partial charge in [0.15, 0.2) is 0 Å². The molecule has 0 fully saturated rings. The van der Waals surface area contributed by atoms with Gasteiger partial charge in [0, 0.05) is 17.7 Å². The highest BCUT2D eigenvalue weighted by molar-refractivity contribution is 5.73. The van der Waals surface area contributed by atoms with Gasteiger partial charge in [-0.1, -0.05) is 30.3 Å². The molecule has 0 aliphatic heterocycles. The molecule has 0 amide bonds. The lowest BCUT2D eigenvalue weighted by atomic mass is 10.1. The molecule has 0 saturated carbocycles. The maximum absolute atomic E-state index is 10.7. The molecular formula is C13H14N4O2. The summed E-state index contributed by atoms with van der Waals surface area (Å²) in [5, 5.41) is 8.80. The number of rotatable bonds is 4. The van der Waals surface area contributed by atoms with E-state index >= 15 is 0 Å². The maximum atomic E-state index is 10.7. The second-order valence-corrected chi connectivity index (χ2v) is 4.12. The van der Waals surface area contributed by atoms with Crippen molar-refractivity contribution >= 4 is 11.9 Å². The largest absolute Gasteiger partial charge is 0.480 e. The summed E-state index contributed by atoms with van der Waals surface area (Å²) in [5.74, 6) is -0.965. The van der Waals surface area contributed by atoms with Crippen molar-refractivity contribution in [2.75, 3.05) is 5.73 Å². The van der Waals surface area contributed by atoms with E-state index in [0.717, 1.165) is 5.56 Å². The lowest BCUT2D eigenvalue weighted by Crippen LogP contribution is -2.32. The monoisotopic (exact) mass is 258 g/mol. The summed E-state index contributed by atoms with van der Waals surface area (Å²) >= 11 is 0. The predicted molar refractivity (Wildman–Crippen MR) is 71.2 cm³/mol. The van der Waals surface area contributed by atoms with Crippen molar-refractivity contribution in [1.29, 1.82) is 0 Å². The van der Waals surface area contributed by atoms with E-state index in [9.17, 15) is 4.79 Å². The molecule has 6 heteroatoms. The standard InChI is InChI=1S/C13H14N4O2/c14-10(12(18)19)6-9-7-11(17-13(15)16-9)8-4-2-1-3-5-8/h1-5,7,10H,6,14H2,(H,18,19)(H2,15,16,17)/t10-/m0/s1. The summed E-state index contributed by atoms with van der Waals surface area (Å²) < 4.78 is 0. The summed E-state index contributed by atoms with van der Waals surface area (Å²) in [4.78, 5) is 18.9. The minimum atomic E-state index is -1.07. The van der Waals surface area contributed by atoms with Crippen LogP contribution in [0.2, 0.25) is 0 Å². The van der Waals surface area contributed by atoms with Gasteiger partial charge in [-0.2, -0.15) is 0 Å². The van der Waals surface area contributed by atoms with Crippen LogP contribution in [0.5, 0.6) is 0 Å². The first-order valence-electron chi connectivity index (χ1n) is 5.73. The van der Waals surface area contributed by atoms with Crippen LogP contribution in [0.4, 0.5) is 5.95 Å². The molecule has 5 N–H and O–H groups in total. The van der Waals surface area contributed by atoms with Crippen molar-refractivity contribution in [3.8, 4) is 11.3 Å². The number of carbonyl (C=O) groups is 1. The Morgan fingerprint density at radius 3 is 2.58 bits per heavy atom. The lowest BCUT2D eigenvalue weighted by molar-refractivity contribution is -0.138. The van der Waals surface area contributed by atoms with Crippen LogP contribution in [0.15, 0.2) is 36.4 Å². The number of carboxylic acids is 1. The van der Waals surface area contributed by atoms with Gasteiger partial charge in [-0.3, -0.25) is 4.79 Å². The van der Waals surface area contributed by atoms with Crippen molar-refractivity contribution < 1.29 is 9.90 Å². The minimum Gasteiger partial charge on any atom is -0.480 e. The van der Waals surface area contributed by atoms with E-state index in [1.165, 1.54) is 0 Å². The molecular weight excluding hydrogens is 244 g/mol. The SMILES string of the molecule is Nc1nc(C[C@H](N)C(=O)O)cc(-c2ccccc2)n1. The molecule has 98 valence electrons. The fraction of sp³-hybridized carbons (Fsp3) is 0.154. The van der Waals surface area contributed by atoms with Crippen LogP contribution in [0.3, 0.4) is 0 Å². The number of hydrogen-bond acceptors (Lipinski definition) is 5. The van der Waals surface area contributed by atoms with E-state index in [0.29, 0.717) is 11.4 Å². The third-order valence-electron chi connectivity index (χ3n) is 2.61. The number of nitrogen functional groups attached to an aromatic ring is 1. The molecule has 1 atom stereocenters. The molecule has 0 radical (unpaired) electrons. The van der Waals surface area contributed by atoms with E-state index in [1.54, 1.807) is 6.07 Å². The number of anilines is 1. The van der Waals surface area contributed by atoms with Crippen molar-refractivity contribution in [2.24, 2.45) is 5.73 Å². The Morgan fingerprint density at radius 2 is 1.95 bits per heavy atom. The predicted octanol–water partition coefficient (Wildman–Crippen LogP) is 0.680. The van der Waals surface area contributed by atoms with Crippen molar-refractivity contribution in [3.63, 3.8) is 0 Å². The molecule has 1 aromatic carbocycles. The van der Waals surface area contributed by atoms with Gasteiger partial charge in [0.05, 0.1) is 5.69 Å². The molecule has 2 aromatic rings. The fourth-order valence-electron chi connectivity index (χ4n) is 1.69. The normalized spacial score (nSPS) is 12.1. The van der Waals surface area contributed by atoms with E-state index in [-0.39, 0.29) is 12.4 Å². The average molecular weight is 258 g/mol. The minimum absolute atomic E-state index is 0.106. The van der Waals surface area contributed by atoms with Crippen LogP contribution in [-0.4, -0.2) is 27.1 Å². The number of carboxylic acid groups (broad SMARTS) is 1. The molecule has 0 saturated heterocycles. The van der Waals surface area contributed by atoms with Crippen LogP contribution in [0, 0.1) is 0 Å². The van der Waals surface area contributed by atoms with Crippen LogP contribution in [-0.2, 0) is 11.2 Å². The Labute approximate surface area is 110 Å². The van der Waals surface area contributed by atoms with E-state index in [4.69, 9.17) is 16.6 Å². The number of hydrogen-bond donors (Lipinski definition) is 3. The van der Waals surface area contributed by atoms with Gasteiger partial charge in [-0.05, 0) is 6.07 Å². The second kappa shape index (κ2) is 5.45. The summed E-state index contributed by atoms with van der Waals surface area (Å²) in [5.41, 5.74) is 13.2. The Morgan fingerprint density at radius 1 is 1.26 bits per heavy atom. The third-order valence-corrected chi connectivity index (χ3v) is 2.61. The van der Waals surface area contributed by atoms with E-state index in [1.807, 2.05) is 30.3 Å². The first-order valence-corrected chi connectivity index (χ1v) is 5.73. The fourth-order valence-corrected chi connectivity index (χ4v) is 1.69. The lowest BCUT2D eigenvalue weighted by Gasteiger charge is -2.08. The van der Waals surface area contributed by atoms with Gasteiger partial charge in [0.25, 0.3) is 0 Å². The van der Waals surface area contributed by atoms with Crippen LogP contribution in [0.25, 0.3) is 11.3 Å². The highest BCUT2D eigenvalue weighted by Gasteiger charge is 2.14. The highest BCUT2D eigenvalue weighted by Crippen LogP contribution is 2.18. The van der Waals surface area contributed by atoms with Crippen molar-refractivity contribution in [1.82, 2.24) is 9.97 Å². The molecule has 0 aliphatic rings. The van der Waals surface area contributed by atoms with Crippen molar-refractivity contribution in [3.05, 3.63) is 42.1 Å². The summed E-state index contributed by atoms with van der Waals surface area (Å²) in [6.45, 7) is 0. The first-order chi connectivity index (χ1) is 9.06. The summed E-state index contributed by atoms with van der Waals surface area (Å²) in [6, 6.07) is 10.2. The molecule has 0 spiro atoms. The number of aromatic nitrogens is 2. The van der Waals surface area contributed by atoms with Gasteiger partial charge in [0.1, 0.15) is 6.04 Å². The molecule has 2 rings (SSSR count). The zero-order chi connectivity index (χ0) is 13.8. The average Bonchev–Trinajstić information content (AvgIpc) is 2.39. The van der Waals surface area contributed by atoms with Gasteiger partial charge < -0.3 is 16.6 Å². The maximum Gasteiger partial charge on any atom is 0.320 e. The molecule has 0 bridgehead atoms.